The van der Waals surface area contributed by atoms with Crippen LogP contribution in [0.2, 0.25) is 5.15 Å². The number of hydrogen-bond donors (Lipinski definition) is 1. The second-order valence-corrected chi connectivity index (χ2v) is 7.02. The van der Waals surface area contributed by atoms with Crippen LogP contribution in [0.1, 0.15) is 36.5 Å². The lowest BCUT2D eigenvalue weighted by Crippen LogP contribution is -2.61. The standard InChI is InChI=1S/C17H18ClN5O2/c1-2-11-12(7-19)14(18)21-15(13(11)8-20)22-5-3-17(4-6-22)9-23(10-17)16(24)25/h2-6,9-10H2,1H3,(H,24,25). The van der Waals surface area contributed by atoms with E-state index >= 15 is 0 Å². The molecule has 0 aliphatic carbocycles. The first-order chi connectivity index (χ1) is 11.9. The van der Waals surface area contributed by atoms with Crippen molar-refractivity contribution in [1.29, 1.82) is 10.5 Å². The fraction of sp³-hybridized carbons (Fsp3) is 0.529. The summed E-state index contributed by atoms with van der Waals surface area (Å²) in [5, 5.41) is 28.0. The molecule has 0 atom stereocenters. The van der Waals surface area contributed by atoms with Crippen molar-refractivity contribution in [2.75, 3.05) is 31.1 Å². The number of carbonyl (C=O) groups is 1. The smallest absolute Gasteiger partial charge is 0.407 e. The van der Waals surface area contributed by atoms with Crippen molar-refractivity contribution in [3.05, 3.63) is 21.8 Å². The van der Waals surface area contributed by atoms with Crippen molar-refractivity contribution in [2.45, 2.75) is 26.2 Å². The number of hydrogen-bond acceptors (Lipinski definition) is 5. The molecule has 3 rings (SSSR count). The average molecular weight is 360 g/mol. The summed E-state index contributed by atoms with van der Waals surface area (Å²) in [6, 6.07) is 4.23. The van der Waals surface area contributed by atoms with Crippen LogP contribution in [0.4, 0.5) is 10.6 Å². The summed E-state index contributed by atoms with van der Waals surface area (Å²) < 4.78 is 0. The summed E-state index contributed by atoms with van der Waals surface area (Å²) in [4.78, 5) is 18.8. The SMILES string of the molecule is CCc1c(C#N)c(Cl)nc(N2CCC3(CC2)CN(C(=O)O)C3)c1C#N. The number of piperidine rings is 1. The Labute approximate surface area is 151 Å². The van der Waals surface area contributed by atoms with Crippen molar-refractivity contribution in [1.82, 2.24) is 9.88 Å². The minimum atomic E-state index is -0.868. The molecule has 0 aromatic carbocycles. The van der Waals surface area contributed by atoms with Crippen molar-refractivity contribution in [3.8, 4) is 12.1 Å². The lowest BCUT2D eigenvalue weighted by atomic mass is 9.72. The number of likely N-dealkylation sites (tertiary alicyclic amines) is 1. The number of nitriles is 2. The van der Waals surface area contributed by atoms with E-state index in [2.05, 4.69) is 11.1 Å². The molecule has 2 aliphatic heterocycles. The molecule has 7 nitrogen and oxygen atoms in total. The van der Waals surface area contributed by atoms with Gasteiger partial charge in [0, 0.05) is 31.6 Å². The molecule has 0 radical (unpaired) electrons. The molecule has 0 saturated carbocycles. The van der Waals surface area contributed by atoms with Gasteiger partial charge in [0.1, 0.15) is 23.1 Å². The first-order valence-electron chi connectivity index (χ1n) is 8.20. The van der Waals surface area contributed by atoms with Gasteiger partial charge in [-0.2, -0.15) is 10.5 Å². The van der Waals surface area contributed by atoms with Crippen LogP contribution in [0.5, 0.6) is 0 Å². The first-order valence-corrected chi connectivity index (χ1v) is 8.58. The van der Waals surface area contributed by atoms with Crippen LogP contribution in [0.3, 0.4) is 0 Å². The molecule has 25 heavy (non-hydrogen) atoms. The fourth-order valence-electron chi connectivity index (χ4n) is 3.81. The van der Waals surface area contributed by atoms with Crippen molar-refractivity contribution < 1.29 is 9.90 Å². The Kier molecular flexibility index (Phi) is 4.45. The first kappa shape index (κ1) is 17.3. The summed E-state index contributed by atoms with van der Waals surface area (Å²) in [6.07, 6.45) is 1.37. The second kappa shape index (κ2) is 6.42. The molecule has 2 fully saturated rings. The Morgan fingerprint density at radius 3 is 2.36 bits per heavy atom. The number of anilines is 1. The minimum Gasteiger partial charge on any atom is -0.465 e. The van der Waals surface area contributed by atoms with Gasteiger partial charge in [0.15, 0.2) is 0 Å². The summed E-state index contributed by atoms with van der Waals surface area (Å²) in [6.45, 7) is 4.42. The van der Waals surface area contributed by atoms with Crippen LogP contribution < -0.4 is 4.90 Å². The number of halogens is 1. The highest BCUT2D eigenvalue weighted by Gasteiger charge is 2.47. The predicted molar refractivity (Wildman–Crippen MR) is 91.5 cm³/mol. The zero-order valence-electron chi connectivity index (χ0n) is 13.9. The maximum Gasteiger partial charge on any atom is 0.407 e. The van der Waals surface area contributed by atoms with Gasteiger partial charge in [-0.05, 0) is 24.8 Å². The molecule has 2 aliphatic rings. The second-order valence-electron chi connectivity index (χ2n) is 6.66. The fourth-order valence-corrected chi connectivity index (χ4v) is 4.05. The van der Waals surface area contributed by atoms with Crippen molar-refractivity contribution >= 4 is 23.5 Å². The molecule has 1 aromatic rings. The highest BCUT2D eigenvalue weighted by Crippen LogP contribution is 2.42. The van der Waals surface area contributed by atoms with Gasteiger partial charge in [0.05, 0.1) is 11.1 Å². The van der Waals surface area contributed by atoms with Gasteiger partial charge in [-0.15, -0.1) is 0 Å². The van der Waals surface area contributed by atoms with Gasteiger partial charge in [-0.25, -0.2) is 9.78 Å². The average Bonchev–Trinajstić information content (AvgIpc) is 2.58. The Hall–Kier alpha value is -2.51. The van der Waals surface area contributed by atoms with E-state index < -0.39 is 6.09 Å². The van der Waals surface area contributed by atoms with Gasteiger partial charge in [0.25, 0.3) is 0 Å². The van der Waals surface area contributed by atoms with E-state index in [1.165, 1.54) is 4.90 Å². The number of amides is 1. The van der Waals surface area contributed by atoms with Crippen molar-refractivity contribution in [2.24, 2.45) is 5.41 Å². The van der Waals surface area contributed by atoms with Crippen LogP contribution >= 0.6 is 11.6 Å². The third kappa shape index (κ3) is 2.85. The molecule has 1 spiro atoms. The minimum absolute atomic E-state index is 0.0473. The Morgan fingerprint density at radius 1 is 1.28 bits per heavy atom. The largest absolute Gasteiger partial charge is 0.465 e. The number of nitrogens with zero attached hydrogens (tertiary/aromatic N) is 5. The third-order valence-electron chi connectivity index (χ3n) is 5.26. The lowest BCUT2D eigenvalue weighted by Gasteiger charge is -2.53. The topological polar surface area (TPSA) is 104 Å². The Balaban J connectivity index is 1.83. The molecule has 3 heterocycles. The Morgan fingerprint density at radius 2 is 1.88 bits per heavy atom. The summed E-state index contributed by atoms with van der Waals surface area (Å²) >= 11 is 6.17. The normalized spacial score (nSPS) is 18.4. The Bertz CT molecular complexity index is 795. The monoisotopic (exact) mass is 359 g/mol. The molecular formula is C17H18ClN5O2. The number of pyridine rings is 1. The number of rotatable bonds is 2. The molecule has 8 heteroatoms. The third-order valence-corrected chi connectivity index (χ3v) is 5.53. The quantitative estimate of drug-likeness (QED) is 0.814. The van der Waals surface area contributed by atoms with Crippen molar-refractivity contribution in [3.63, 3.8) is 0 Å². The molecule has 0 bridgehead atoms. The van der Waals surface area contributed by atoms with E-state index in [1.54, 1.807) is 0 Å². The molecular weight excluding hydrogens is 342 g/mol. The predicted octanol–water partition coefficient (Wildman–Crippen LogP) is 2.62. The van der Waals surface area contributed by atoms with Gasteiger partial charge >= 0.3 is 6.09 Å². The van der Waals surface area contributed by atoms with E-state index in [0.717, 1.165) is 12.8 Å². The van der Waals surface area contributed by atoms with Gasteiger partial charge < -0.3 is 14.9 Å². The van der Waals surface area contributed by atoms with Crippen LogP contribution in [0, 0.1) is 28.1 Å². The molecule has 130 valence electrons. The highest BCUT2D eigenvalue weighted by atomic mass is 35.5. The number of aromatic nitrogens is 1. The van der Waals surface area contributed by atoms with E-state index in [9.17, 15) is 15.3 Å². The molecule has 1 N–H and O–H groups in total. The van der Waals surface area contributed by atoms with Crippen LogP contribution in [-0.4, -0.2) is 47.3 Å². The molecule has 0 unspecified atom stereocenters. The van der Waals surface area contributed by atoms with E-state index in [4.69, 9.17) is 16.7 Å². The lowest BCUT2D eigenvalue weighted by molar-refractivity contribution is -0.00644. The van der Waals surface area contributed by atoms with Crippen LogP contribution in [-0.2, 0) is 6.42 Å². The van der Waals surface area contributed by atoms with Gasteiger partial charge in [-0.1, -0.05) is 18.5 Å². The van der Waals surface area contributed by atoms with Gasteiger partial charge in [-0.3, -0.25) is 0 Å². The van der Waals surface area contributed by atoms with E-state index in [-0.39, 0.29) is 16.1 Å². The van der Waals surface area contributed by atoms with Crippen LogP contribution in [0.25, 0.3) is 0 Å². The maximum absolute atomic E-state index is 11.0. The highest BCUT2D eigenvalue weighted by molar-refractivity contribution is 6.30. The molecule has 1 aromatic heterocycles. The zero-order chi connectivity index (χ0) is 18.2. The van der Waals surface area contributed by atoms with Crippen LogP contribution in [0.15, 0.2) is 0 Å². The summed E-state index contributed by atoms with van der Waals surface area (Å²) in [5.74, 6) is 0.535. The molecule has 1 amide bonds. The summed E-state index contributed by atoms with van der Waals surface area (Å²) in [5.41, 5.74) is 1.38. The van der Waals surface area contributed by atoms with E-state index in [0.29, 0.717) is 49.5 Å². The van der Waals surface area contributed by atoms with Gasteiger partial charge in [0.2, 0.25) is 0 Å². The zero-order valence-corrected chi connectivity index (χ0v) is 14.7. The summed E-state index contributed by atoms with van der Waals surface area (Å²) in [7, 11) is 0. The maximum atomic E-state index is 11.0. The van der Waals surface area contributed by atoms with E-state index in [1.807, 2.05) is 17.9 Å². The molecule has 2 saturated heterocycles. The number of carboxylic acid groups (broad SMARTS) is 1.